The second kappa shape index (κ2) is 11.6. The molecule has 202 valence electrons. The quantitative estimate of drug-likeness (QED) is 0.449. The zero-order valence-electron chi connectivity index (χ0n) is 21.8. The van der Waals surface area contributed by atoms with Crippen molar-refractivity contribution in [2.45, 2.75) is 37.8 Å². The van der Waals surface area contributed by atoms with Crippen molar-refractivity contribution in [3.63, 3.8) is 0 Å². The Morgan fingerprint density at radius 3 is 2.55 bits per heavy atom. The van der Waals surface area contributed by atoms with Crippen molar-refractivity contribution in [1.82, 2.24) is 24.8 Å². The second-order valence-corrected chi connectivity index (χ2v) is 9.78. The molecule has 0 spiro atoms. The molecule has 0 unspecified atom stereocenters. The minimum absolute atomic E-state index is 0.0380. The Bertz CT molecular complexity index is 1240. The number of morpholine rings is 1. The van der Waals surface area contributed by atoms with Gasteiger partial charge in [-0.3, -0.25) is 9.78 Å². The molecule has 1 aliphatic carbocycles. The number of nitrogen functional groups attached to an aromatic ring is 1. The van der Waals surface area contributed by atoms with E-state index in [1.807, 2.05) is 12.1 Å². The van der Waals surface area contributed by atoms with Crippen LogP contribution in [0.2, 0.25) is 0 Å². The van der Waals surface area contributed by atoms with Gasteiger partial charge in [-0.25, -0.2) is 9.97 Å². The fourth-order valence-corrected chi connectivity index (χ4v) is 4.55. The molecule has 2 aliphatic rings. The number of pyridine rings is 2. The van der Waals surface area contributed by atoms with Crippen molar-refractivity contribution in [2.24, 2.45) is 0 Å². The normalized spacial score (nSPS) is 19.7. The van der Waals surface area contributed by atoms with E-state index in [0.717, 1.165) is 55.5 Å². The van der Waals surface area contributed by atoms with Crippen molar-refractivity contribution >= 4 is 34.3 Å². The molecule has 2 fully saturated rings. The highest BCUT2D eigenvalue weighted by Crippen LogP contribution is 2.32. The topological polar surface area (TPSA) is 141 Å². The summed E-state index contributed by atoms with van der Waals surface area (Å²) in [6.45, 7) is 2.88. The highest BCUT2D eigenvalue weighted by molar-refractivity contribution is 5.88. The number of carbonyl (C=O) groups excluding carboxylic acids is 1. The van der Waals surface area contributed by atoms with Gasteiger partial charge >= 0.3 is 0 Å². The van der Waals surface area contributed by atoms with Crippen LogP contribution in [0, 0.1) is 0 Å². The predicted molar refractivity (Wildman–Crippen MR) is 143 cm³/mol. The Hall–Kier alpha value is -3.93. The molecule has 1 saturated heterocycles. The Morgan fingerprint density at radius 1 is 1.11 bits per heavy atom. The van der Waals surface area contributed by atoms with E-state index in [0.29, 0.717) is 36.5 Å². The number of nitrogens with one attached hydrogen (secondary N) is 1. The molecule has 0 aromatic carbocycles. The molecule has 5 rings (SSSR count). The van der Waals surface area contributed by atoms with Gasteiger partial charge in [-0.1, -0.05) is 0 Å². The summed E-state index contributed by atoms with van der Waals surface area (Å²) in [4.78, 5) is 33.4. The summed E-state index contributed by atoms with van der Waals surface area (Å²) in [6.07, 6.45) is 8.40. The molecule has 0 radical (unpaired) electrons. The Morgan fingerprint density at radius 2 is 1.84 bits per heavy atom. The number of likely N-dealkylation sites (N-methyl/N-ethyl adjacent to an activating group) is 1. The third-order valence-electron chi connectivity index (χ3n) is 6.76. The van der Waals surface area contributed by atoms with Crippen LogP contribution in [-0.2, 0) is 9.53 Å². The van der Waals surface area contributed by atoms with Crippen LogP contribution in [0.25, 0.3) is 10.9 Å². The Labute approximate surface area is 221 Å². The summed E-state index contributed by atoms with van der Waals surface area (Å²) < 4.78 is 17.4. The molecule has 3 aromatic heterocycles. The number of hydrogen-bond donors (Lipinski definition) is 2. The van der Waals surface area contributed by atoms with Gasteiger partial charge in [0.15, 0.2) is 12.4 Å². The van der Waals surface area contributed by atoms with Crippen LogP contribution < -0.4 is 25.4 Å². The minimum atomic E-state index is -0.123. The zero-order chi connectivity index (χ0) is 26.5. The summed E-state index contributed by atoms with van der Waals surface area (Å²) in [7, 11) is 3.37. The first kappa shape index (κ1) is 25.7. The Kier molecular flexibility index (Phi) is 7.87. The van der Waals surface area contributed by atoms with Crippen molar-refractivity contribution in [3.05, 3.63) is 30.7 Å². The van der Waals surface area contributed by atoms with Gasteiger partial charge in [0.1, 0.15) is 11.9 Å². The molecule has 1 amide bonds. The van der Waals surface area contributed by atoms with Crippen molar-refractivity contribution in [3.8, 4) is 11.6 Å². The molecular formula is C26H34N8O4. The van der Waals surface area contributed by atoms with Crippen LogP contribution in [0.4, 0.5) is 17.5 Å². The summed E-state index contributed by atoms with van der Waals surface area (Å²) in [5.41, 5.74) is 7.43. The largest absolute Gasteiger partial charge is 0.481 e. The lowest BCUT2D eigenvalue weighted by atomic mass is 9.93. The number of nitrogens with zero attached hydrogens (tertiary/aromatic N) is 6. The maximum absolute atomic E-state index is 11.7. The van der Waals surface area contributed by atoms with Crippen LogP contribution >= 0.6 is 0 Å². The van der Waals surface area contributed by atoms with E-state index in [4.69, 9.17) is 24.9 Å². The Balaban J connectivity index is 1.18. The zero-order valence-corrected chi connectivity index (χ0v) is 21.8. The van der Waals surface area contributed by atoms with E-state index < -0.39 is 0 Å². The van der Waals surface area contributed by atoms with Crippen LogP contribution in [0.5, 0.6) is 11.6 Å². The summed E-state index contributed by atoms with van der Waals surface area (Å²) in [6, 6.07) is 4.10. The number of aromatic nitrogens is 4. The molecule has 12 heteroatoms. The predicted octanol–water partition coefficient (Wildman–Crippen LogP) is 2.11. The van der Waals surface area contributed by atoms with Gasteiger partial charge in [0.2, 0.25) is 11.8 Å². The number of amides is 1. The number of anilines is 3. The first-order valence-corrected chi connectivity index (χ1v) is 12.9. The standard InChI is InChI=1S/C26H34N8O4/c1-33(2)24(35)16-37-20-14-29-26(30-15-20)31-18-3-5-19(6-4-18)38-25-21-11-17(27)13-28-22(21)12-23(32-25)34-7-9-36-10-8-34/h11-15,18-19H,3-10,16,27H2,1-2H3,(H,29,30,31). The molecule has 1 saturated carbocycles. The van der Waals surface area contributed by atoms with Gasteiger partial charge in [0.05, 0.1) is 48.4 Å². The maximum atomic E-state index is 11.7. The lowest BCUT2D eigenvalue weighted by Crippen LogP contribution is -2.37. The van der Waals surface area contributed by atoms with Crippen molar-refractivity contribution in [2.75, 3.05) is 63.0 Å². The summed E-state index contributed by atoms with van der Waals surface area (Å²) in [5.74, 6) is 2.29. The van der Waals surface area contributed by atoms with Gasteiger partial charge in [0.25, 0.3) is 5.91 Å². The lowest BCUT2D eigenvalue weighted by Gasteiger charge is -2.31. The van der Waals surface area contributed by atoms with Crippen LogP contribution in [0.1, 0.15) is 25.7 Å². The van der Waals surface area contributed by atoms with Crippen LogP contribution in [0.3, 0.4) is 0 Å². The number of hydrogen-bond acceptors (Lipinski definition) is 11. The molecule has 38 heavy (non-hydrogen) atoms. The number of rotatable bonds is 8. The maximum Gasteiger partial charge on any atom is 0.259 e. The molecule has 12 nitrogen and oxygen atoms in total. The SMILES string of the molecule is CN(C)C(=O)COc1cnc(NC2CCC(Oc3nc(N4CCOCC4)cc4ncc(N)cc34)CC2)nc1. The highest BCUT2D eigenvalue weighted by atomic mass is 16.5. The van der Waals surface area contributed by atoms with Gasteiger partial charge < -0.3 is 35.1 Å². The second-order valence-electron chi connectivity index (χ2n) is 9.78. The van der Waals surface area contributed by atoms with E-state index in [1.165, 1.54) is 4.90 Å². The van der Waals surface area contributed by atoms with E-state index in [2.05, 4.69) is 25.2 Å². The number of fused-ring (bicyclic) bond motifs is 1. The van der Waals surface area contributed by atoms with Crippen LogP contribution in [0.15, 0.2) is 30.7 Å². The molecule has 1 aliphatic heterocycles. The summed E-state index contributed by atoms with van der Waals surface area (Å²) >= 11 is 0. The van der Waals surface area contributed by atoms with Gasteiger partial charge in [-0.2, -0.15) is 4.98 Å². The van der Waals surface area contributed by atoms with Crippen molar-refractivity contribution in [1.29, 1.82) is 0 Å². The first-order chi connectivity index (χ1) is 18.4. The highest BCUT2D eigenvalue weighted by Gasteiger charge is 2.25. The monoisotopic (exact) mass is 522 g/mol. The van der Waals surface area contributed by atoms with E-state index in [9.17, 15) is 4.79 Å². The van der Waals surface area contributed by atoms with E-state index >= 15 is 0 Å². The molecule has 3 N–H and O–H groups in total. The molecule has 0 atom stereocenters. The average Bonchev–Trinajstić information content (AvgIpc) is 2.94. The van der Waals surface area contributed by atoms with E-state index in [1.54, 1.807) is 32.7 Å². The third-order valence-corrected chi connectivity index (χ3v) is 6.76. The molecule has 0 bridgehead atoms. The van der Waals surface area contributed by atoms with Gasteiger partial charge in [-0.15, -0.1) is 0 Å². The third kappa shape index (κ3) is 6.31. The number of carbonyl (C=O) groups is 1. The smallest absolute Gasteiger partial charge is 0.259 e. The first-order valence-electron chi connectivity index (χ1n) is 12.9. The van der Waals surface area contributed by atoms with Gasteiger partial charge in [0, 0.05) is 39.3 Å². The molecular weight excluding hydrogens is 488 g/mol. The molecule has 4 heterocycles. The molecule has 3 aromatic rings. The fourth-order valence-electron chi connectivity index (χ4n) is 4.55. The average molecular weight is 523 g/mol. The fraction of sp³-hybridized carbons (Fsp3) is 0.500. The summed E-state index contributed by atoms with van der Waals surface area (Å²) in [5, 5.41) is 4.22. The van der Waals surface area contributed by atoms with Crippen molar-refractivity contribution < 1.29 is 19.0 Å². The van der Waals surface area contributed by atoms with Crippen LogP contribution in [-0.4, -0.2) is 89.9 Å². The number of ether oxygens (including phenoxy) is 3. The minimum Gasteiger partial charge on any atom is -0.481 e. The van der Waals surface area contributed by atoms with Gasteiger partial charge in [-0.05, 0) is 31.7 Å². The van der Waals surface area contributed by atoms with E-state index in [-0.39, 0.29) is 24.7 Å². The lowest BCUT2D eigenvalue weighted by molar-refractivity contribution is -0.130. The number of nitrogens with two attached hydrogens (primary N) is 1.